The number of hydrogen-bond donors (Lipinski definition) is 1. The average molecular weight is 181 g/mol. The second-order valence-electron chi connectivity index (χ2n) is 1.78. The van der Waals surface area contributed by atoms with Crippen LogP contribution in [0.3, 0.4) is 0 Å². The molecule has 0 aliphatic carbocycles. The van der Waals surface area contributed by atoms with Gasteiger partial charge in [-0.25, -0.2) is 9.97 Å². The van der Waals surface area contributed by atoms with Crippen LogP contribution in [0.5, 0.6) is 0 Å². The highest BCUT2D eigenvalue weighted by Gasteiger charge is 1.99. The number of aromatic nitrogens is 3. The van der Waals surface area contributed by atoms with Gasteiger partial charge in [0, 0.05) is 24.0 Å². The number of H-pyrrole nitrogens is 1. The van der Waals surface area contributed by atoms with Crippen LogP contribution in [0, 0.1) is 0 Å². The number of rotatable bonds is 1. The predicted octanol–water partition coefficient (Wildman–Crippen LogP) is 2.56. The van der Waals surface area contributed by atoms with Gasteiger partial charge in [0.15, 0.2) is 10.8 Å². The van der Waals surface area contributed by atoms with Crippen LogP contribution in [0.2, 0.25) is 0 Å². The average Bonchev–Trinajstić information content (AvgIpc) is 2.80. The minimum absolute atomic E-state index is 0.843. The van der Waals surface area contributed by atoms with Crippen molar-refractivity contribution in [1.82, 2.24) is 15.0 Å². The van der Waals surface area contributed by atoms with Gasteiger partial charge in [0.2, 0.25) is 0 Å². The summed E-state index contributed by atoms with van der Waals surface area (Å²) < 4.78 is 0. The van der Waals surface area contributed by atoms with E-state index in [2.05, 4.69) is 15.0 Å². The molecule has 0 spiro atoms. The zero-order chi connectivity index (χ0) is 8.81. The van der Waals surface area contributed by atoms with Crippen LogP contribution < -0.4 is 0 Å². The quantitative estimate of drug-likeness (QED) is 0.734. The molecule has 2 aromatic heterocycles. The fraction of sp³-hybridized carbons (Fsp3) is 0.250. The molecule has 2 heterocycles. The zero-order valence-corrected chi connectivity index (χ0v) is 7.93. The molecule has 0 unspecified atom stereocenters. The molecule has 2 rings (SSSR count). The Morgan fingerprint density at radius 3 is 2.58 bits per heavy atom. The molecule has 0 fully saturated rings. The Hall–Kier alpha value is -1.16. The third kappa shape index (κ3) is 1.92. The molecule has 0 saturated carbocycles. The topological polar surface area (TPSA) is 41.6 Å². The van der Waals surface area contributed by atoms with Gasteiger partial charge in [-0.1, -0.05) is 13.8 Å². The normalized spacial score (nSPS) is 8.83. The summed E-state index contributed by atoms with van der Waals surface area (Å²) in [6, 6.07) is 0. The molecule has 0 saturated heterocycles. The molecular weight excluding hydrogens is 170 g/mol. The predicted molar refractivity (Wildman–Crippen MR) is 51.0 cm³/mol. The van der Waals surface area contributed by atoms with E-state index < -0.39 is 0 Å². The molecule has 0 aliphatic heterocycles. The van der Waals surface area contributed by atoms with E-state index in [1.807, 2.05) is 19.2 Å². The third-order valence-electron chi connectivity index (χ3n) is 1.13. The second-order valence-corrected chi connectivity index (χ2v) is 2.67. The van der Waals surface area contributed by atoms with Crippen molar-refractivity contribution < 1.29 is 0 Å². The van der Waals surface area contributed by atoms with E-state index in [9.17, 15) is 0 Å². The van der Waals surface area contributed by atoms with Gasteiger partial charge in [0.1, 0.15) is 0 Å². The van der Waals surface area contributed by atoms with E-state index in [0.717, 1.165) is 10.8 Å². The maximum absolute atomic E-state index is 4.08. The van der Waals surface area contributed by atoms with Crippen LogP contribution >= 0.6 is 11.3 Å². The fourth-order valence-electron chi connectivity index (χ4n) is 0.723. The van der Waals surface area contributed by atoms with Gasteiger partial charge in [-0.2, -0.15) is 0 Å². The Morgan fingerprint density at radius 2 is 2.08 bits per heavy atom. The molecule has 12 heavy (non-hydrogen) atoms. The Labute approximate surface area is 75.5 Å². The van der Waals surface area contributed by atoms with E-state index in [1.165, 1.54) is 0 Å². The summed E-state index contributed by atoms with van der Waals surface area (Å²) in [5.41, 5.74) is 0. The summed E-state index contributed by atoms with van der Waals surface area (Å²) in [5.74, 6) is 0.843. The minimum Gasteiger partial charge on any atom is -0.343 e. The number of imidazole rings is 1. The number of nitrogens with one attached hydrogen (secondary N) is 1. The van der Waals surface area contributed by atoms with Crippen LogP contribution in [0.1, 0.15) is 13.8 Å². The summed E-state index contributed by atoms with van der Waals surface area (Å²) in [5, 5.41) is 2.86. The van der Waals surface area contributed by atoms with E-state index in [1.54, 1.807) is 29.9 Å². The van der Waals surface area contributed by atoms with Crippen molar-refractivity contribution in [2.24, 2.45) is 0 Å². The molecule has 0 aliphatic rings. The van der Waals surface area contributed by atoms with Crippen molar-refractivity contribution in [2.75, 3.05) is 0 Å². The van der Waals surface area contributed by atoms with Crippen molar-refractivity contribution in [3.05, 3.63) is 24.0 Å². The summed E-state index contributed by atoms with van der Waals surface area (Å²) in [6.45, 7) is 4.00. The molecule has 2 aromatic rings. The highest BCUT2D eigenvalue weighted by molar-refractivity contribution is 7.12. The molecular formula is C8H11N3S. The first-order valence-electron chi connectivity index (χ1n) is 3.86. The summed E-state index contributed by atoms with van der Waals surface area (Å²) in [4.78, 5) is 11.1. The van der Waals surface area contributed by atoms with E-state index in [-0.39, 0.29) is 0 Å². The summed E-state index contributed by atoms with van der Waals surface area (Å²) in [7, 11) is 0. The smallest absolute Gasteiger partial charge is 0.166 e. The lowest BCUT2D eigenvalue weighted by molar-refractivity contribution is 1.27. The van der Waals surface area contributed by atoms with Crippen molar-refractivity contribution in [1.29, 1.82) is 0 Å². The Kier molecular flexibility index (Phi) is 3.47. The lowest BCUT2D eigenvalue weighted by Crippen LogP contribution is -1.75. The Balaban J connectivity index is 0.000000336. The maximum atomic E-state index is 4.08. The minimum atomic E-state index is 0.843. The molecule has 0 aromatic carbocycles. The highest BCUT2D eigenvalue weighted by Crippen LogP contribution is 2.15. The molecule has 0 bridgehead atoms. The second kappa shape index (κ2) is 4.66. The Bertz CT molecular complexity index is 254. The molecule has 0 radical (unpaired) electrons. The van der Waals surface area contributed by atoms with Gasteiger partial charge in [0.05, 0.1) is 0 Å². The molecule has 0 atom stereocenters. The summed E-state index contributed by atoms with van der Waals surface area (Å²) >= 11 is 1.58. The maximum Gasteiger partial charge on any atom is 0.166 e. The van der Waals surface area contributed by atoms with Crippen molar-refractivity contribution >= 4 is 11.3 Å². The van der Waals surface area contributed by atoms with Gasteiger partial charge < -0.3 is 4.98 Å². The first kappa shape index (κ1) is 8.93. The monoisotopic (exact) mass is 181 g/mol. The van der Waals surface area contributed by atoms with Gasteiger partial charge in [-0.15, -0.1) is 11.3 Å². The highest BCUT2D eigenvalue weighted by atomic mass is 32.1. The van der Waals surface area contributed by atoms with Gasteiger partial charge >= 0.3 is 0 Å². The molecule has 0 amide bonds. The van der Waals surface area contributed by atoms with Gasteiger partial charge in [0.25, 0.3) is 0 Å². The molecule has 64 valence electrons. The first-order chi connectivity index (χ1) is 5.97. The van der Waals surface area contributed by atoms with Crippen LogP contribution in [-0.4, -0.2) is 15.0 Å². The standard InChI is InChI=1S/C6H5N3S.C2H6/c1-2-8-5(7-1)6-9-3-4-10-6;1-2/h1-4H,(H,7,8);1-2H3. The molecule has 3 nitrogen and oxygen atoms in total. The molecule has 1 N–H and O–H groups in total. The van der Waals surface area contributed by atoms with Crippen molar-refractivity contribution in [2.45, 2.75) is 13.8 Å². The number of thiazole rings is 1. The van der Waals surface area contributed by atoms with Crippen LogP contribution in [0.25, 0.3) is 10.8 Å². The van der Waals surface area contributed by atoms with Crippen molar-refractivity contribution in [3.63, 3.8) is 0 Å². The SMILES string of the molecule is CC.c1c[nH]c(-c2nccs2)n1. The van der Waals surface area contributed by atoms with E-state index >= 15 is 0 Å². The number of hydrogen-bond acceptors (Lipinski definition) is 3. The van der Waals surface area contributed by atoms with Crippen LogP contribution in [-0.2, 0) is 0 Å². The largest absolute Gasteiger partial charge is 0.343 e. The third-order valence-corrected chi connectivity index (χ3v) is 1.91. The zero-order valence-electron chi connectivity index (χ0n) is 7.11. The summed E-state index contributed by atoms with van der Waals surface area (Å²) in [6.07, 6.45) is 5.27. The lowest BCUT2D eigenvalue weighted by Gasteiger charge is -1.83. The van der Waals surface area contributed by atoms with E-state index in [0.29, 0.717) is 0 Å². The molecule has 4 heteroatoms. The first-order valence-corrected chi connectivity index (χ1v) is 4.74. The lowest BCUT2D eigenvalue weighted by atomic mass is 10.7. The van der Waals surface area contributed by atoms with Crippen LogP contribution in [0.4, 0.5) is 0 Å². The fourth-order valence-corrected chi connectivity index (χ4v) is 1.32. The number of aromatic amines is 1. The Morgan fingerprint density at radius 1 is 1.25 bits per heavy atom. The van der Waals surface area contributed by atoms with E-state index in [4.69, 9.17) is 0 Å². The van der Waals surface area contributed by atoms with Crippen molar-refractivity contribution in [3.8, 4) is 10.8 Å². The number of nitrogens with zero attached hydrogens (tertiary/aromatic N) is 2. The van der Waals surface area contributed by atoms with Crippen LogP contribution in [0.15, 0.2) is 24.0 Å². The van der Waals surface area contributed by atoms with Gasteiger partial charge in [-0.3, -0.25) is 0 Å². The van der Waals surface area contributed by atoms with Gasteiger partial charge in [-0.05, 0) is 0 Å².